The van der Waals surface area contributed by atoms with Crippen molar-refractivity contribution in [1.82, 2.24) is 0 Å². The molecule has 0 spiro atoms. The molecule has 0 saturated heterocycles. The first-order chi connectivity index (χ1) is 18.8. The number of carbonyl (C=O) groups excluding carboxylic acids is 2. The van der Waals surface area contributed by atoms with Gasteiger partial charge >= 0.3 is 101 Å². The first kappa shape index (κ1) is 37.9. The van der Waals surface area contributed by atoms with Gasteiger partial charge in [-0.1, -0.05) is 66.2 Å². The van der Waals surface area contributed by atoms with Gasteiger partial charge in [0.05, 0.1) is 24.7 Å². The Bertz CT molecular complexity index is 763. The summed E-state index contributed by atoms with van der Waals surface area (Å²) in [6.07, 6.45) is 9.25. The predicted octanol–water partition coefficient (Wildman–Crippen LogP) is 6.69. The van der Waals surface area contributed by atoms with Crippen molar-refractivity contribution < 1.29 is 19.1 Å². The van der Waals surface area contributed by atoms with Crippen LogP contribution in [-0.4, -0.2) is 57.8 Å². The molecule has 2 radical (unpaired) electrons. The molecular weight excluding hydrogens is 631 g/mol. The molecule has 0 amide bonds. The molecule has 4 nitrogen and oxygen atoms in total. The first-order valence-corrected chi connectivity index (χ1v) is 18.3. The molecule has 0 heterocycles. The number of hydrogen-bond acceptors (Lipinski definition) is 6. The molecule has 2 aromatic carbocycles. The van der Waals surface area contributed by atoms with Gasteiger partial charge < -0.3 is 9.47 Å². The van der Waals surface area contributed by atoms with Gasteiger partial charge in [0, 0.05) is 0 Å². The van der Waals surface area contributed by atoms with Crippen LogP contribution in [0.1, 0.15) is 79.1 Å². The van der Waals surface area contributed by atoms with Crippen LogP contribution in [0.5, 0.6) is 0 Å². The maximum absolute atomic E-state index is 10.7. The van der Waals surface area contributed by atoms with E-state index in [2.05, 4.69) is 114 Å². The molecule has 2 aromatic rings. The summed E-state index contributed by atoms with van der Waals surface area (Å²) in [5, 5.41) is 0. The van der Waals surface area contributed by atoms with Crippen molar-refractivity contribution in [1.29, 1.82) is 0 Å². The molecule has 0 aliphatic heterocycles. The Labute approximate surface area is 259 Å². The van der Waals surface area contributed by atoms with E-state index in [9.17, 15) is 9.59 Å². The van der Waals surface area contributed by atoms with Crippen LogP contribution in [0, 0.1) is 11.8 Å². The Morgan fingerprint density at radius 1 is 0.615 bits per heavy atom. The molecule has 0 aromatic heterocycles. The van der Waals surface area contributed by atoms with Crippen molar-refractivity contribution in [3.05, 3.63) is 60.7 Å². The third kappa shape index (κ3) is 26.8. The van der Waals surface area contributed by atoms with E-state index in [1.807, 2.05) is 0 Å². The molecular formula is C32H50O4S2Sn. The summed E-state index contributed by atoms with van der Waals surface area (Å²) in [5.74, 6) is 1.50. The molecule has 0 fully saturated rings. The Kier molecular flexibility index (Phi) is 26.3. The van der Waals surface area contributed by atoms with E-state index in [0.29, 0.717) is 13.2 Å². The number of unbranched alkanes of at least 4 members (excludes halogenated alkanes) is 4. The number of benzene rings is 2. The Hall–Kier alpha value is -1.12. The Morgan fingerprint density at radius 3 is 1.28 bits per heavy atom. The monoisotopic (exact) mass is 682 g/mol. The first-order valence-electron chi connectivity index (χ1n) is 14.2. The number of esters is 2. The van der Waals surface area contributed by atoms with Crippen LogP contribution < -0.4 is 7.16 Å². The van der Waals surface area contributed by atoms with Crippen LogP contribution in [0.4, 0.5) is 0 Å². The van der Waals surface area contributed by atoms with Crippen molar-refractivity contribution in [3.63, 3.8) is 0 Å². The zero-order valence-electron chi connectivity index (χ0n) is 24.4. The maximum atomic E-state index is 10.7. The minimum absolute atomic E-state index is 0.187. The van der Waals surface area contributed by atoms with Gasteiger partial charge in [-0.2, -0.15) is 25.3 Å². The van der Waals surface area contributed by atoms with Crippen molar-refractivity contribution in [3.8, 4) is 0 Å². The van der Waals surface area contributed by atoms with Gasteiger partial charge in [0.2, 0.25) is 0 Å². The van der Waals surface area contributed by atoms with Crippen molar-refractivity contribution >= 4 is 65.5 Å². The summed E-state index contributed by atoms with van der Waals surface area (Å²) in [7, 11) is 0. The fraction of sp³-hybridized carbons (Fsp3) is 0.562. The average Bonchev–Trinajstić information content (AvgIpc) is 2.93. The minimum atomic E-state index is -0.517. The second-order valence-corrected chi connectivity index (χ2v) is 14.7. The topological polar surface area (TPSA) is 52.6 Å². The Morgan fingerprint density at radius 2 is 0.974 bits per heavy atom. The Balaban J connectivity index is 0.000000555. The van der Waals surface area contributed by atoms with Gasteiger partial charge in [-0.05, 0) is 24.7 Å². The third-order valence-corrected chi connectivity index (χ3v) is 9.54. The molecule has 0 saturated carbocycles. The summed E-state index contributed by atoms with van der Waals surface area (Å²) in [6.45, 7) is 10.00. The number of hydrogen-bond donors (Lipinski definition) is 2. The molecule has 0 N–H and O–H groups in total. The number of ether oxygens (including phenoxy) is 2. The molecule has 39 heavy (non-hydrogen) atoms. The molecule has 7 heteroatoms. The summed E-state index contributed by atoms with van der Waals surface area (Å²) in [5.41, 5.74) is 0. The zero-order valence-corrected chi connectivity index (χ0v) is 29.1. The van der Waals surface area contributed by atoms with E-state index < -0.39 is 21.1 Å². The third-order valence-electron chi connectivity index (χ3n) is 5.47. The van der Waals surface area contributed by atoms with Crippen LogP contribution in [0.25, 0.3) is 0 Å². The summed E-state index contributed by atoms with van der Waals surface area (Å²) in [4.78, 5) is 21.3. The second kappa shape index (κ2) is 27.1. The van der Waals surface area contributed by atoms with Crippen LogP contribution in [0.2, 0.25) is 0 Å². The van der Waals surface area contributed by atoms with Crippen LogP contribution >= 0.6 is 25.3 Å². The number of rotatable bonds is 16. The SMILES string of the molecule is CC(C)CCCCCOC(=O)CS.CC(C)CCCCCOC(=O)CS.c1cc[c]([Sn][c]2ccccc2)cc1. The molecule has 0 aliphatic carbocycles. The average molecular weight is 682 g/mol. The van der Waals surface area contributed by atoms with Gasteiger partial charge in [0.1, 0.15) is 0 Å². The summed E-state index contributed by atoms with van der Waals surface area (Å²) < 4.78 is 12.8. The number of thiol groups is 2. The van der Waals surface area contributed by atoms with Gasteiger partial charge in [0.15, 0.2) is 0 Å². The molecule has 0 aliphatic rings. The van der Waals surface area contributed by atoms with Gasteiger partial charge in [-0.25, -0.2) is 0 Å². The molecule has 2 rings (SSSR count). The second-order valence-electron chi connectivity index (χ2n) is 10.1. The van der Waals surface area contributed by atoms with E-state index in [0.717, 1.165) is 37.5 Å². The van der Waals surface area contributed by atoms with Crippen LogP contribution in [0.3, 0.4) is 0 Å². The molecule has 0 atom stereocenters. The molecule has 0 unspecified atom stereocenters. The zero-order chi connectivity index (χ0) is 29.1. The standard InChI is InChI=1S/2C10H20O2S.2C6H5.Sn/c2*1-9(2)6-4-3-5-7-12-10(11)8-13;2*1-2-4-6-5-3-1;/h2*9,13H,3-8H2,1-2H3;2*1-5H;. The normalized spacial score (nSPS) is 10.3. The van der Waals surface area contributed by atoms with E-state index in [1.54, 1.807) is 0 Å². The quantitative estimate of drug-likeness (QED) is 0.0898. The van der Waals surface area contributed by atoms with Crippen molar-refractivity contribution in [2.24, 2.45) is 11.8 Å². The summed E-state index contributed by atoms with van der Waals surface area (Å²) in [6, 6.07) is 21.6. The van der Waals surface area contributed by atoms with Gasteiger partial charge in [-0.3, -0.25) is 9.59 Å². The fourth-order valence-electron chi connectivity index (χ4n) is 3.34. The van der Waals surface area contributed by atoms with Crippen molar-refractivity contribution in [2.75, 3.05) is 24.7 Å². The molecule has 218 valence electrons. The van der Waals surface area contributed by atoms with E-state index in [1.165, 1.54) is 32.8 Å². The van der Waals surface area contributed by atoms with E-state index >= 15 is 0 Å². The van der Waals surface area contributed by atoms with E-state index in [4.69, 9.17) is 9.47 Å². The summed E-state index contributed by atoms with van der Waals surface area (Å²) >= 11 is 7.11. The van der Waals surface area contributed by atoms with Gasteiger partial charge in [-0.15, -0.1) is 0 Å². The van der Waals surface area contributed by atoms with Crippen LogP contribution in [-0.2, 0) is 19.1 Å². The van der Waals surface area contributed by atoms with Gasteiger partial charge in [0.25, 0.3) is 0 Å². The van der Waals surface area contributed by atoms with Crippen LogP contribution in [0.15, 0.2) is 60.7 Å². The van der Waals surface area contributed by atoms with E-state index in [-0.39, 0.29) is 23.4 Å². The number of carbonyl (C=O) groups is 2. The fourth-order valence-corrected chi connectivity index (χ4v) is 6.52. The van der Waals surface area contributed by atoms with Crippen molar-refractivity contribution in [2.45, 2.75) is 79.1 Å². The molecule has 0 bridgehead atoms. The predicted molar refractivity (Wildman–Crippen MR) is 174 cm³/mol.